The minimum Gasteiger partial charge on any atom is -0.245 e. The van der Waals surface area contributed by atoms with E-state index >= 15 is 0 Å². The topological polar surface area (TPSA) is 62.1 Å². The van der Waals surface area contributed by atoms with Crippen molar-refractivity contribution in [2.75, 3.05) is 6.54 Å². The molecule has 5 rings (SSSR count). The minimum absolute atomic E-state index is 0.0663. The Morgan fingerprint density at radius 1 is 0.846 bits per heavy atom. The molecule has 0 fully saturated rings. The van der Waals surface area contributed by atoms with E-state index in [1.54, 1.807) is 17.1 Å². The van der Waals surface area contributed by atoms with Gasteiger partial charge in [-0.15, -0.1) is 4.40 Å². The van der Waals surface area contributed by atoms with Gasteiger partial charge < -0.3 is 0 Å². The lowest BCUT2D eigenvalue weighted by atomic mass is 9.90. The molecule has 0 radical (unpaired) electrons. The maximum Gasteiger partial charge on any atom is 0.284 e. The maximum atomic E-state index is 13.6. The molecule has 4 aromatic carbocycles. The predicted octanol–water partition coefficient (Wildman–Crippen LogP) is 7.21. The first-order valence-electron chi connectivity index (χ1n) is 12.8. The fourth-order valence-electron chi connectivity index (χ4n) is 5.09. The number of hydrazone groups is 1. The molecule has 1 aliphatic heterocycles. The van der Waals surface area contributed by atoms with Crippen molar-refractivity contribution in [2.24, 2.45) is 9.50 Å². The van der Waals surface area contributed by atoms with Crippen LogP contribution in [0.15, 0.2) is 105 Å². The molecule has 4 aromatic rings. The lowest BCUT2D eigenvalue weighted by Gasteiger charge is -2.22. The number of sulfonamides is 1. The molecule has 0 amide bonds. The van der Waals surface area contributed by atoms with Crippen LogP contribution in [0.1, 0.15) is 44.9 Å². The molecule has 1 heterocycles. The van der Waals surface area contributed by atoms with E-state index in [4.69, 9.17) is 16.7 Å². The molecule has 0 spiro atoms. The SMILES string of the molecule is Cc1ccc(C2=NN(C(=NS(=O)(=O)c3ccc(Cl)cc3)c3c(C)cc(C)cc3C)CC2c2ccccc2)cc1. The molecule has 198 valence electrons. The maximum absolute atomic E-state index is 13.6. The van der Waals surface area contributed by atoms with Crippen LogP contribution < -0.4 is 0 Å². The first-order chi connectivity index (χ1) is 18.6. The highest BCUT2D eigenvalue weighted by Crippen LogP contribution is 2.32. The van der Waals surface area contributed by atoms with Crippen molar-refractivity contribution in [2.45, 2.75) is 38.5 Å². The van der Waals surface area contributed by atoms with Crippen LogP contribution in [-0.2, 0) is 10.0 Å². The van der Waals surface area contributed by atoms with Gasteiger partial charge in [0.25, 0.3) is 10.0 Å². The van der Waals surface area contributed by atoms with Crippen molar-refractivity contribution < 1.29 is 8.42 Å². The van der Waals surface area contributed by atoms with E-state index in [9.17, 15) is 8.42 Å². The number of nitrogens with zero attached hydrogens (tertiary/aromatic N) is 3. The van der Waals surface area contributed by atoms with Gasteiger partial charge in [0.15, 0.2) is 5.84 Å². The Kier molecular flexibility index (Phi) is 7.43. The molecule has 1 unspecified atom stereocenters. The van der Waals surface area contributed by atoms with Crippen LogP contribution >= 0.6 is 11.6 Å². The molecule has 0 aliphatic carbocycles. The van der Waals surface area contributed by atoms with E-state index < -0.39 is 10.0 Å². The Morgan fingerprint density at radius 2 is 1.46 bits per heavy atom. The zero-order valence-electron chi connectivity index (χ0n) is 22.4. The van der Waals surface area contributed by atoms with E-state index in [0.29, 0.717) is 17.4 Å². The Balaban J connectivity index is 1.70. The predicted molar refractivity (Wildman–Crippen MR) is 159 cm³/mol. The van der Waals surface area contributed by atoms with Crippen molar-refractivity contribution in [3.8, 4) is 0 Å². The summed E-state index contributed by atoms with van der Waals surface area (Å²) in [5.41, 5.74) is 7.87. The largest absolute Gasteiger partial charge is 0.284 e. The molecule has 7 heteroatoms. The number of amidine groups is 1. The Bertz CT molecular complexity index is 1660. The molecule has 5 nitrogen and oxygen atoms in total. The summed E-state index contributed by atoms with van der Waals surface area (Å²) in [7, 11) is -4.06. The first-order valence-corrected chi connectivity index (χ1v) is 14.6. The summed E-state index contributed by atoms with van der Waals surface area (Å²) in [5.74, 6) is 0.242. The van der Waals surface area contributed by atoms with Crippen LogP contribution in [0.4, 0.5) is 0 Å². The lowest BCUT2D eigenvalue weighted by molar-refractivity contribution is 0.475. The van der Waals surface area contributed by atoms with Crippen LogP contribution in [0.2, 0.25) is 5.02 Å². The van der Waals surface area contributed by atoms with Gasteiger partial charge in [-0.1, -0.05) is 89.5 Å². The second kappa shape index (κ2) is 10.8. The van der Waals surface area contributed by atoms with E-state index in [1.165, 1.54) is 12.1 Å². The van der Waals surface area contributed by atoms with Gasteiger partial charge in [0.1, 0.15) is 0 Å². The Morgan fingerprint density at radius 3 is 2.08 bits per heavy atom. The summed E-state index contributed by atoms with van der Waals surface area (Å²) in [6.45, 7) is 8.50. The highest BCUT2D eigenvalue weighted by Gasteiger charge is 2.34. The summed E-state index contributed by atoms with van der Waals surface area (Å²) >= 11 is 6.02. The molecule has 1 atom stereocenters. The smallest absolute Gasteiger partial charge is 0.245 e. The third-order valence-corrected chi connectivity index (χ3v) is 8.46. The van der Waals surface area contributed by atoms with Gasteiger partial charge >= 0.3 is 0 Å². The average Bonchev–Trinajstić information content (AvgIpc) is 3.34. The van der Waals surface area contributed by atoms with Crippen LogP contribution in [0.25, 0.3) is 0 Å². The van der Waals surface area contributed by atoms with Crippen molar-refractivity contribution >= 4 is 33.2 Å². The summed E-state index contributed by atoms with van der Waals surface area (Å²) in [4.78, 5) is 0.0772. The number of hydrogen-bond acceptors (Lipinski definition) is 3. The van der Waals surface area contributed by atoms with Gasteiger partial charge in [0, 0.05) is 16.5 Å². The molecule has 0 saturated carbocycles. The summed E-state index contributed by atoms with van der Waals surface area (Å²) in [6.07, 6.45) is 0. The van der Waals surface area contributed by atoms with Gasteiger partial charge in [0.05, 0.1) is 17.2 Å². The number of hydrogen-bond donors (Lipinski definition) is 0. The second-order valence-electron chi connectivity index (χ2n) is 10.0. The van der Waals surface area contributed by atoms with Crippen LogP contribution in [0.3, 0.4) is 0 Å². The third kappa shape index (κ3) is 5.68. The highest BCUT2D eigenvalue weighted by molar-refractivity contribution is 7.90. The standard InChI is InChI=1S/C32H30ClN3O2S/c1-21-10-12-26(13-11-21)31-29(25-8-6-5-7-9-25)20-36(34-31)32(30-23(3)18-22(2)19-24(30)4)35-39(37,38)28-16-14-27(33)15-17-28/h5-19,29H,20H2,1-4H3. The van der Waals surface area contributed by atoms with Gasteiger partial charge in [0.2, 0.25) is 0 Å². The summed E-state index contributed by atoms with van der Waals surface area (Å²) in [6, 6.07) is 28.6. The minimum atomic E-state index is -4.06. The number of rotatable bonds is 5. The van der Waals surface area contributed by atoms with E-state index in [-0.39, 0.29) is 10.8 Å². The quantitative estimate of drug-likeness (QED) is 0.193. The fraction of sp³-hybridized carbons (Fsp3) is 0.188. The van der Waals surface area contributed by atoms with Gasteiger partial charge in [-0.3, -0.25) is 0 Å². The van der Waals surface area contributed by atoms with Gasteiger partial charge in [-0.25, -0.2) is 5.01 Å². The monoisotopic (exact) mass is 555 g/mol. The fourth-order valence-corrected chi connectivity index (χ4v) is 6.22. The molecule has 0 N–H and O–H groups in total. The summed E-state index contributed by atoms with van der Waals surface area (Å²) in [5, 5.41) is 7.27. The van der Waals surface area contributed by atoms with Gasteiger partial charge in [-0.05, 0) is 74.2 Å². The summed E-state index contributed by atoms with van der Waals surface area (Å²) < 4.78 is 31.7. The van der Waals surface area contributed by atoms with Crippen molar-refractivity contribution in [3.05, 3.63) is 135 Å². The number of halogens is 1. The van der Waals surface area contributed by atoms with Crippen molar-refractivity contribution in [1.29, 1.82) is 0 Å². The Hall–Kier alpha value is -3.74. The molecule has 39 heavy (non-hydrogen) atoms. The molecular weight excluding hydrogens is 526 g/mol. The van der Waals surface area contributed by atoms with Crippen molar-refractivity contribution in [3.63, 3.8) is 0 Å². The highest BCUT2D eigenvalue weighted by atomic mass is 35.5. The first kappa shape index (κ1) is 26.9. The zero-order chi connectivity index (χ0) is 27.7. The normalized spacial score (nSPS) is 15.9. The molecular formula is C32H30ClN3O2S. The van der Waals surface area contributed by atoms with Crippen molar-refractivity contribution in [1.82, 2.24) is 5.01 Å². The van der Waals surface area contributed by atoms with E-state index in [2.05, 4.69) is 47.7 Å². The van der Waals surface area contributed by atoms with Crippen LogP contribution in [0.5, 0.6) is 0 Å². The lowest BCUT2D eigenvalue weighted by Crippen LogP contribution is -2.29. The zero-order valence-corrected chi connectivity index (χ0v) is 24.0. The molecule has 1 aliphatic rings. The average molecular weight is 556 g/mol. The van der Waals surface area contributed by atoms with E-state index in [0.717, 1.165) is 44.7 Å². The number of benzene rings is 4. The Labute approximate surface area is 235 Å². The van der Waals surface area contributed by atoms with Gasteiger partial charge in [-0.2, -0.15) is 13.5 Å². The molecule has 0 saturated heterocycles. The van der Waals surface area contributed by atoms with E-state index in [1.807, 2.05) is 51.1 Å². The van der Waals surface area contributed by atoms with Crippen LogP contribution in [0, 0.1) is 27.7 Å². The molecule has 0 bridgehead atoms. The molecule has 0 aromatic heterocycles. The van der Waals surface area contributed by atoms with Crippen LogP contribution in [-0.4, -0.2) is 31.5 Å². The number of aryl methyl sites for hydroxylation is 4. The second-order valence-corrected chi connectivity index (χ2v) is 12.1. The third-order valence-electron chi connectivity index (χ3n) is 6.93.